The Morgan fingerprint density at radius 1 is 1.29 bits per heavy atom. The van der Waals surface area contributed by atoms with Crippen LogP contribution in [0.5, 0.6) is 5.75 Å². The highest BCUT2D eigenvalue weighted by Crippen LogP contribution is 2.28. The van der Waals surface area contributed by atoms with Crippen LogP contribution >= 0.6 is 39.3 Å². The number of carbonyl (C=O) groups is 1. The zero-order chi connectivity index (χ0) is 22.5. The molecular formula is C20H18BrClF2N4O2S. The lowest BCUT2D eigenvalue weighted by Crippen LogP contribution is -2.15. The summed E-state index contributed by atoms with van der Waals surface area (Å²) in [5, 5.41) is 11.9. The molecule has 0 aliphatic heterocycles. The van der Waals surface area contributed by atoms with E-state index >= 15 is 0 Å². The lowest BCUT2D eigenvalue weighted by molar-refractivity contribution is -0.113. The Morgan fingerprint density at radius 2 is 2.06 bits per heavy atom. The fraction of sp³-hybridized carbons (Fsp3) is 0.250. The fourth-order valence-electron chi connectivity index (χ4n) is 2.73. The number of thioether (sulfide) groups is 1. The standard InChI is InChI=1S/C20H18BrClF2N4O2S/c1-3-28-19(11(2)30-17-7-5-13(23)9-15(17)24)26-27-20(28)31-10-18(29)25-16-6-4-12(21)8-14(16)22/h4-9,11H,3,10H2,1-2H3,(H,25,29). The first-order valence-electron chi connectivity index (χ1n) is 9.21. The van der Waals surface area contributed by atoms with E-state index in [1.807, 2.05) is 6.92 Å². The second kappa shape index (κ2) is 10.4. The number of amides is 1. The van der Waals surface area contributed by atoms with Crippen molar-refractivity contribution in [3.8, 4) is 5.75 Å². The number of halogens is 4. The van der Waals surface area contributed by atoms with Crippen LogP contribution in [0.1, 0.15) is 25.8 Å². The second-order valence-electron chi connectivity index (χ2n) is 6.38. The summed E-state index contributed by atoms with van der Waals surface area (Å²) in [4.78, 5) is 12.3. The van der Waals surface area contributed by atoms with Gasteiger partial charge in [-0.1, -0.05) is 39.3 Å². The van der Waals surface area contributed by atoms with Crippen LogP contribution < -0.4 is 10.1 Å². The Balaban J connectivity index is 1.65. The zero-order valence-electron chi connectivity index (χ0n) is 16.5. The van der Waals surface area contributed by atoms with E-state index < -0.39 is 17.7 Å². The van der Waals surface area contributed by atoms with Crippen molar-refractivity contribution < 1.29 is 18.3 Å². The third-order valence-corrected chi connectivity index (χ3v) is 5.93. The molecule has 1 heterocycles. The Hall–Kier alpha value is -2.17. The van der Waals surface area contributed by atoms with Gasteiger partial charge in [0.05, 0.1) is 16.5 Å². The molecule has 11 heteroatoms. The summed E-state index contributed by atoms with van der Waals surface area (Å²) in [6.45, 7) is 4.10. The largest absolute Gasteiger partial charge is 0.480 e. The summed E-state index contributed by atoms with van der Waals surface area (Å²) >= 11 is 10.6. The van der Waals surface area contributed by atoms with Gasteiger partial charge in [0, 0.05) is 17.1 Å². The first-order chi connectivity index (χ1) is 14.8. The molecule has 1 N–H and O–H groups in total. The number of hydrogen-bond acceptors (Lipinski definition) is 5. The average molecular weight is 532 g/mol. The van der Waals surface area contributed by atoms with Gasteiger partial charge in [-0.25, -0.2) is 8.78 Å². The van der Waals surface area contributed by atoms with Crippen LogP contribution in [0.25, 0.3) is 0 Å². The molecule has 1 amide bonds. The minimum atomic E-state index is -0.799. The predicted octanol–water partition coefficient (Wildman–Crippen LogP) is 5.86. The topological polar surface area (TPSA) is 69.0 Å². The van der Waals surface area contributed by atoms with Gasteiger partial charge in [0.25, 0.3) is 0 Å². The number of benzene rings is 2. The maximum Gasteiger partial charge on any atom is 0.234 e. The highest BCUT2D eigenvalue weighted by atomic mass is 79.9. The molecular weight excluding hydrogens is 514 g/mol. The summed E-state index contributed by atoms with van der Waals surface area (Å²) < 4.78 is 35.2. The van der Waals surface area contributed by atoms with Gasteiger partial charge in [0.2, 0.25) is 5.91 Å². The molecule has 0 spiro atoms. The lowest BCUT2D eigenvalue weighted by Gasteiger charge is -2.16. The van der Waals surface area contributed by atoms with Crippen molar-refractivity contribution in [2.24, 2.45) is 0 Å². The molecule has 0 fully saturated rings. The van der Waals surface area contributed by atoms with Gasteiger partial charge in [-0.2, -0.15) is 0 Å². The van der Waals surface area contributed by atoms with Crippen LogP contribution in [0.15, 0.2) is 46.0 Å². The van der Waals surface area contributed by atoms with Crippen molar-refractivity contribution in [3.63, 3.8) is 0 Å². The zero-order valence-corrected chi connectivity index (χ0v) is 19.7. The maximum absolute atomic E-state index is 13.9. The van der Waals surface area contributed by atoms with Crippen molar-refractivity contribution in [1.82, 2.24) is 14.8 Å². The van der Waals surface area contributed by atoms with Crippen molar-refractivity contribution in [2.75, 3.05) is 11.1 Å². The lowest BCUT2D eigenvalue weighted by atomic mass is 10.3. The third kappa shape index (κ3) is 5.96. The molecule has 3 aromatic rings. The monoisotopic (exact) mass is 530 g/mol. The van der Waals surface area contributed by atoms with E-state index in [0.29, 0.717) is 28.2 Å². The van der Waals surface area contributed by atoms with Crippen LogP contribution in [0, 0.1) is 11.6 Å². The van der Waals surface area contributed by atoms with Gasteiger partial charge >= 0.3 is 0 Å². The molecule has 0 aliphatic rings. The molecule has 1 unspecified atom stereocenters. The molecule has 1 atom stereocenters. The van der Waals surface area contributed by atoms with Gasteiger partial charge in [-0.3, -0.25) is 4.79 Å². The number of rotatable bonds is 8. The fourth-order valence-corrected chi connectivity index (χ4v) is 4.26. The van der Waals surface area contributed by atoms with Crippen LogP contribution in [0.3, 0.4) is 0 Å². The molecule has 164 valence electrons. The van der Waals surface area contributed by atoms with Gasteiger partial charge in [-0.15, -0.1) is 10.2 Å². The molecule has 0 radical (unpaired) electrons. The van der Waals surface area contributed by atoms with E-state index in [2.05, 4.69) is 31.4 Å². The number of hydrogen-bond donors (Lipinski definition) is 1. The molecule has 1 aromatic heterocycles. The first-order valence-corrected chi connectivity index (χ1v) is 11.4. The van der Waals surface area contributed by atoms with E-state index in [0.717, 1.165) is 16.6 Å². The van der Waals surface area contributed by atoms with Crippen LogP contribution in [-0.4, -0.2) is 26.4 Å². The number of aromatic nitrogens is 3. The highest BCUT2D eigenvalue weighted by molar-refractivity contribution is 9.10. The summed E-state index contributed by atoms with van der Waals surface area (Å²) in [6.07, 6.45) is -0.642. The van der Waals surface area contributed by atoms with Crippen LogP contribution in [0.2, 0.25) is 5.02 Å². The summed E-state index contributed by atoms with van der Waals surface area (Å²) in [5.41, 5.74) is 0.511. The smallest absolute Gasteiger partial charge is 0.234 e. The van der Waals surface area contributed by atoms with E-state index in [4.69, 9.17) is 16.3 Å². The number of anilines is 1. The molecule has 0 saturated carbocycles. The molecule has 0 bridgehead atoms. The summed E-state index contributed by atoms with van der Waals surface area (Å²) in [5.74, 6) is -1.27. The SMILES string of the molecule is CCn1c(SCC(=O)Nc2ccc(Br)cc2Cl)nnc1C(C)Oc1ccc(F)cc1F. The van der Waals surface area contributed by atoms with Gasteiger partial charge < -0.3 is 14.6 Å². The molecule has 2 aromatic carbocycles. The molecule has 6 nitrogen and oxygen atoms in total. The quantitative estimate of drug-likeness (QED) is 0.369. The van der Waals surface area contributed by atoms with E-state index in [1.165, 1.54) is 17.8 Å². The maximum atomic E-state index is 13.9. The second-order valence-corrected chi connectivity index (χ2v) is 8.65. The van der Waals surface area contributed by atoms with E-state index in [-0.39, 0.29) is 17.4 Å². The van der Waals surface area contributed by atoms with Gasteiger partial charge in [0.15, 0.2) is 28.7 Å². The van der Waals surface area contributed by atoms with Crippen molar-refractivity contribution >= 4 is 50.9 Å². The van der Waals surface area contributed by atoms with Gasteiger partial charge in [0.1, 0.15) is 5.82 Å². The normalized spacial score (nSPS) is 11.9. The number of nitrogens with zero attached hydrogens (tertiary/aromatic N) is 3. The van der Waals surface area contributed by atoms with Crippen molar-refractivity contribution in [3.05, 3.63) is 63.4 Å². The number of nitrogens with one attached hydrogen (secondary N) is 1. The van der Waals surface area contributed by atoms with Crippen molar-refractivity contribution in [2.45, 2.75) is 31.7 Å². The number of ether oxygens (including phenoxy) is 1. The van der Waals surface area contributed by atoms with Crippen molar-refractivity contribution in [1.29, 1.82) is 0 Å². The highest BCUT2D eigenvalue weighted by Gasteiger charge is 2.21. The molecule has 31 heavy (non-hydrogen) atoms. The minimum Gasteiger partial charge on any atom is -0.480 e. The minimum absolute atomic E-state index is 0.0838. The molecule has 0 saturated heterocycles. The third-order valence-electron chi connectivity index (χ3n) is 4.16. The van der Waals surface area contributed by atoms with Crippen LogP contribution in [-0.2, 0) is 11.3 Å². The molecule has 3 rings (SSSR count). The van der Waals surface area contributed by atoms with E-state index in [9.17, 15) is 13.6 Å². The Labute approximate surface area is 195 Å². The van der Waals surface area contributed by atoms with Crippen LogP contribution in [0.4, 0.5) is 14.5 Å². The Bertz CT molecular complexity index is 1100. The Kier molecular flexibility index (Phi) is 7.90. The summed E-state index contributed by atoms with van der Waals surface area (Å²) in [6, 6.07) is 8.27. The number of carbonyl (C=O) groups excluding carboxylic acids is 1. The molecule has 0 aliphatic carbocycles. The average Bonchev–Trinajstić information content (AvgIpc) is 3.13. The first kappa shape index (κ1) is 23.5. The Morgan fingerprint density at radius 3 is 2.74 bits per heavy atom. The van der Waals surface area contributed by atoms with E-state index in [1.54, 1.807) is 29.7 Å². The van der Waals surface area contributed by atoms with Gasteiger partial charge in [-0.05, 0) is 44.2 Å². The predicted molar refractivity (Wildman–Crippen MR) is 120 cm³/mol. The summed E-state index contributed by atoms with van der Waals surface area (Å²) in [7, 11) is 0.